The van der Waals surface area contributed by atoms with Gasteiger partial charge in [0.25, 0.3) is 0 Å². The van der Waals surface area contributed by atoms with E-state index in [4.69, 9.17) is 4.98 Å². The second-order valence-electron chi connectivity index (χ2n) is 5.29. The van der Waals surface area contributed by atoms with Crippen molar-refractivity contribution in [1.82, 2.24) is 14.9 Å². The smallest absolute Gasteiger partial charge is 0.110 e. The van der Waals surface area contributed by atoms with Gasteiger partial charge >= 0.3 is 0 Å². The highest BCUT2D eigenvalue weighted by atomic mass is 79.9. The van der Waals surface area contributed by atoms with Gasteiger partial charge in [-0.15, -0.1) is 0 Å². The molecule has 0 fully saturated rings. The summed E-state index contributed by atoms with van der Waals surface area (Å²) < 4.78 is 3.56. The van der Waals surface area contributed by atoms with Crippen LogP contribution in [0.25, 0.3) is 11.3 Å². The molecule has 3 rings (SSSR count). The van der Waals surface area contributed by atoms with Gasteiger partial charge in [-0.25, -0.2) is 4.98 Å². The number of imidazole rings is 1. The van der Waals surface area contributed by atoms with E-state index in [2.05, 4.69) is 50.1 Å². The Morgan fingerprint density at radius 3 is 2.80 bits per heavy atom. The molecule has 1 aromatic heterocycles. The summed E-state index contributed by atoms with van der Waals surface area (Å²) in [4.78, 5) is 4.94. The Morgan fingerprint density at radius 1 is 1.25 bits per heavy atom. The van der Waals surface area contributed by atoms with E-state index in [-0.39, 0.29) is 0 Å². The first-order valence-corrected chi connectivity index (χ1v) is 8.07. The first-order chi connectivity index (χ1) is 9.79. The van der Waals surface area contributed by atoms with E-state index in [0.717, 1.165) is 30.4 Å². The summed E-state index contributed by atoms with van der Waals surface area (Å²) in [6.45, 7) is 2.11. The summed E-state index contributed by atoms with van der Waals surface area (Å²) in [5.74, 6) is 1.23. The number of rotatable bonds is 4. The number of nitrogens with one attached hydrogen (secondary N) is 1. The maximum atomic E-state index is 4.94. The molecule has 1 N–H and O–H groups in total. The number of aromatic nitrogens is 2. The standard InChI is InChI=1S/C16H20BrN3/c1-18-10-9-15-19-16(12-5-7-13(17)8-6-12)14-4-2-3-11-20(14)15/h5-8,18H,2-4,9-11H2,1H3. The van der Waals surface area contributed by atoms with Crippen LogP contribution in [-0.2, 0) is 19.4 Å². The average molecular weight is 334 g/mol. The Labute approximate surface area is 128 Å². The summed E-state index contributed by atoms with van der Waals surface area (Å²) in [6, 6.07) is 8.50. The molecule has 1 aromatic carbocycles. The van der Waals surface area contributed by atoms with E-state index >= 15 is 0 Å². The third-order valence-corrected chi connectivity index (χ3v) is 4.44. The number of hydrogen-bond acceptors (Lipinski definition) is 2. The van der Waals surface area contributed by atoms with Crippen LogP contribution in [0.4, 0.5) is 0 Å². The Bertz CT molecular complexity index is 587. The number of nitrogens with zero attached hydrogens (tertiary/aromatic N) is 2. The minimum atomic E-state index is 0.982. The van der Waals surface area contributed by atoms with Crippen molar-refractivity contribution in [3.63, 3.8) is 0 Å². The maximum absolute atomic E-state index is 4.94. The first-order valence-electron chi connectivity index (χ1n) is 7.28. The quantitative estimate of drug-likeness (QED) is 0.929. The van der Waals surface area contributed by atoms with Crippen LogP contribution in [0.3, 0.4) is 0 Å². The van der Waals surface area contributed by atoms with Crippen molar-refractivity contribution >= 4 is 15.9 Å². The summed E-state index contributed by atoms with van der Waals surface area (Å²) in [5.41, 5.74) is 3.84. The van der Waals surface area contributed by atoms with E-state index in [0.29, 0.717) is 0 Å². The lowest BCUT2D eigenvalue weighted by Gasteiger charge is -2.17. The minimum absolute atomic E-state index is 0.982. The molecule has 2 heterocycles. The van der Waals surface area contributed by atoms with Gasteiger partial charge in [0.15, 0.2) is 0 Å². The molecule has 3 nitrogen and oxygen atoms in total. The molecule has 1 aliphatic heterocycles. The maximum Gasteiger partial charge on any atom is 0.110 e. The van der Waals surface area contributed by atoms with E-state index in [9.17, 15) is 0 Å². The minimum Gasteiger partial charge on any atom is -0.331 e. The Kier molecular flexibility index (Phi) is 4.22. The highest BCUT2D eigenvalue weighted by Crippen LogP contribution is 2.29. The second-order valence-corrected chi connectivity index (χ2v) is 6.21. The zero-order chi connectivity index (χ0) is 13.9. The second kappa shape index (κ2) is 6.10. The molecule has 20 heavy (non-hydrogen) atoms. The zero-order valence-electron chi connectivity index (χ0n) is 11.8. The summed E-state index contributed by atoms with van der Waals surface area (Å²) in [6.07, 6.45) is 4.70. The first kappa shape index (κ1) is 13.8. The molecule has 0 saturated heterocycles. The van der Waals surface area contributed by atoms with Crippen molar-refractivity contribution < 1.29 is 0 Å². The monoisotopic (exact) mass is 333 g/mol. The van der Waals surface area contributed by atoms with Crippen LogP contribution < -0.4 is 5.32 Å². The van der Waals surface area contributed by atoms with Crippen LogP contribution in [0.15, 0.2) is 28.7 Å². The third-order valence-electron chi connectivity index (χ3n) is 3.91. The van der Waals surface area contributed by atoms with E-state index in [1.54, 1.807) is 0 Å². The van der Waals surface area contributed by atoms with Crippen LogP contribution in [0, 0.1) is 0 Å². The van der Waals surface area contributed by atoms with Crippen molar-refractivity contribution in [2.24, 2.45) is 0 Å². The molecule has 0 spiro atoms. The zero-order valence-corrected chi connectivity index (χ0v) is 13.4. The summed E-state index contributed by atoms with van der Waals surface area (Å²) in [7, 11) is 2.00. The van der Waals surface area contributed by atoms with Gasteiger partial charge in [-0.05, 0) is 38.4 Å². The molecule has 1 aliphatic rings. The molecule has 0 atom stereocenters. The Balaban J connectivity index is 2.01. The van der Waals surface area contributed by atoms with Gasteiger partial charge in [-0.2, -0.15) is 0 Å². The molecule has 0 amide bonds. The molecule has 4 heteroatoms. The highest BCUT2D eigenvalue weighted by Gasteiger charge is 2.20. The van der Waals surface area contributed by atoms with Crippen LogP contribution in [0.2, 0.25) is 0 Å². The fraction of sp³-hybridized carbons (Fsp3) is 0.438. The SMILES string of the molecule is CNCCc1nc(-c2ccc(Br)cc2)c2n1CCCC2. The number of hydrogen-bond donors (Lipinski definition) is 1. The van der Waals surface area contributed by atoms with Gasteiger partial charge in [0.1, 0.15) is 5.82 Å². The van der Waals surface area contributed by atoms with E-state index < -0.39 is 0 Å². The van der Waals surface area contributed by atoms with Gasteiger partial charge < -0.3 is 9.88 Å². The third kappa shape index (κ3) is 2.67. The lowest BCUT2D eigenvalue weighted by molar-refractivity contribution is 0.512. The van der Waals surface area contributed by atoms with Crippen LogP contribution in [0.5, 0.6) is 0 Å². The summed E-state index contributed by atoms with van der Waals surface area (Å²) >= 11 is 3.50. The van der Waals surface area contributed by atoms with Crippen molar-refractivity contribution in [2.45, 2.75) is 32.2 Å². The fourth-order valence-corrected chi connectivity index (χ4v) is 3.15. The molecule has 0 unspecified atom stereocenters. The summed E-state index contributed by atoms with van der Waals surface area (Å²) in [5, 5.41) is 3.22. The number of halogens is 1. The lowest BCUT2D eigenvalue weighted by Crippen LogP contribution is -2.17. The fourth-order valence-electron chi connectivity index (χ4n) is 2.88. The van der Waals surface area contributed by atoms with E-state index in [1.807, 2.05) is 7.05 Å². The Hall–Kier alpha value is -1.13. The van der Waals surface area contributed by atoms with Gasteiger partial charge in [0, 0.05) is 35.2 Å². The normalized spacial score (nSPS) is 14.3. The van der Waals surface area contributed by atoms with Crippen LogP contribution >= 0.6 is 15.9 Å². The van der Waals surface area contributed by atoms with Crippen molar-refractivity contribution in [3.05, 3.63) is 40.3 Å². The largest absolute Gasteiger partial charge is 0.331 e. The molecule has 0 aliphatic carbocycles. The molecule has 0 bridgehead atoms. The molecule has 0 radical (unpaired) electrons. The lowest BCUT2D eigenvalue weighted by atomic mass is 10.0. The van der Waals surface area contributed by atoms with Gasteiger partial charge in [-0.3, -0.25) is 0 Å². The average Bonchev–Trinajstić information content (AvgIpc) is 2.85. The van der Waals surface area contributed by atoms with E-state index in [1.165, 1.54) is 35.6 Å². The van der Waals surface area contributed by atoms with Crippen molar-refractivity contribution in [3.8, 4) is 11.3 Å². The Morgan fingerprint density at radius 2 is 2.05 bits per heavy atom. The predicted molar refractivity (Wildman–Crippen MR) is 85.9 cm³/mol. The van der Waals surface area contributed by atoms with Crippen molar-refractivity contribution in [1.29, 1.82) is 0 Å². The van der Waals surface area contributed by atoms with Crippen molar-refractivity contribution in [2.75, 3.05) is 13.6 Å². The highest BCUT2D eigenvalue weighted by molar-refractivity contribution is 9.10. The molecular formula is C16H20BrN3. The molecule has 2 aromatic rings. The number of fused-ring (bicyclic) bond motifs is 1. The number of likely N-dealkylation sites (N-methyl/N-ethyl adjacent to an activating group) is 1. The van der Waals surface area contributed by atoms with Crippen LogP contribution in [-0.4, -0.2) is 23.1 Å². The topological polar surface area (TPSA) is 29.9 Å². The molecule has 106 valence electrons. The number of benzene rings is 1. The van der Waals surface area contributed by atoms with Crippen LogP contribution in [0.1, 0.15) is 24.4 Å². The molecular weight excluding hydrogens is 314 g/mol. The van der Waals surface area contributed by atoms with Gasteiger partial charge in [-0.1, -0.05) is 28.1 Å². The van der Waals surface area contributed by atoms with Gasteiger partial charge in [0.05, 0.1) is 5.69 Å². The van der Waals surface area contributed by atoms with Gasteiger partial charge in [0.2, 0.25) is 0 Å². The molecule has 0 saturated carbocycles. The predicted octanol–water partition coefficient (Wildman–Crippen LogP) is 3.41.